The molecule has 3 aliphatic rings. The van der Waals surface area contributed by atoms with Crippen molar-refractivity contribution in [3.63, 3.8) is 0 Å². The standard InChI is InChI=1S/C31H36BN3O4/c1-30(2)31(3,4)39-32(38-30)21-8-9-22-20(12-21)17-37-27-14-23-19(13-24(22)27)7-10-25-28(23)34-29(33-25)26-11-18(16-36-6)15-35(26)5/h7-10,12-14,18,26H,11,15-17H2,1-6H3,(H,33,34)/t18-,26-/m0/s1. The summed E-state index contributed by atoms with van der Waals surface area (Å²) in [5.74, 6) is 2.45. The van der Waals surface area contributed by atoms with Crippen molar-refractivity contribution >= 4 is 34.4 Å². The first-order chi connectivity index (χ1) is 18.6. The van der Waals surface area contributed by atoms with Crippen LogP contribution in [0.15, 0.2) is 42.5 Å². The normalized spacial score (nSPS) is 23.8. The van der Waals surface area contributed by atoms with Crippen molar-refractivity contribution in [1.82, 2.24) is 14.9 Å². The molecule has 1 aromatic heterocycles. The summed E-state index contributed by atoms with van der Waals surface area (Å²) in [6.07, 6.45) is 1.05. The summed E-state index contributed by atoms with van der Waals surface area (Å²) >= 11 is 0. The van der Waals surface area contributed by atoms with E-state index in [-0.39, 0.29) is 24.4 Å². The van der Waals surface area contributed by atoms with Gasteiger partial charge >= 0.3 is 7.12 Å². The lowest BCUT2D eigenvalue weighted by Gasteiger charge is -2.32. The Kier molecular flexibility index (Phi) is 5.66. The van der Waals surface area contributed by atoms with Crippen LogP contribution in [0.5, 0.6) is 5.75 Å². The van der Waals surface area contributed by atoms with Crippen LogP contribution in [-0.4, -0.2) is 60.5 Å². The Morgan fingerprint density at radius 1 is 1.05 bits per heavy atom. The Morgan fingerprint density at radius 2 is 1.85 bits per heavy atom. The number of fused-ring (bicyclic) bond motifs is 6. The number of hydrogen-bond donors (Lipinski definition) is 1. The molecule has 202 valence electrons. The molecule has 0 amide bonds. The highest BCUT2D eigenvalue weighted by molar-refractivity contribution is 6.62. The Labute approximate surface area is 229 Å². The van der Waals surface area contributed by atoms with E-state index >= 15 is 0 Å². The fourth-order valence-electron chi connectivity index (χ4n) is 6.39. The van der Waals surface area contributed by atoms with Crippen molar-refractivity contribution in [2.75, 3.05) is 27.3 Å². The monoisotopic (exact) mass is 525 g/mol. The second-order valence-corrected chi connectivity index (χ2v) is 12.5. The average molecular weight is 525 g/mol. The van der Waals surface area contributed by atoms with Gasteiger partial charge in [-0.25, -0.2) is 4.98 Å². The first-order valence-electron chi connectivity index (χ1n) is 13.9. The van der Waals surface area contributed by atoms with Gasteiger partial charge < -0.3 is 23.8 Å². The molecule has 2 atom stereocenters. The van der Waals surface area contributed by atoms with Crippen LogP contribution in [0.4, 0.5) is 0 Å². The second-order valence-electron chi connectivity index (χ2n) is 12.5. The predicted molar refractivity (Wildman–Crippen MR) is 154 cm³/mol. The van der Waals surface area contributed by atoms with E-state index in [1.165, 1.54) is 5.56 Å². The van der Waals surface area contributed by atoms with Gasteiger partial charge in [0.25, 0.3) is 0 Å². The van der Waals surface area contributed by atoms with Gasteiger partial charge in [0.15, 0.2) is 0 Å². The third kappa shape index (κ3) is 3.99. The van der Waals surface area contributed by atoms with E-state index in [4.69, 9.17) is 23.8 Å². The number of rotatable bonds is 4. The maximum atomic E-state index is 6.33. The van der Waals surface area contributed by atoms with E-state index in [1.807, 2.05) is 0 Å². The minimum absolute atomic E-state index is 0.270. The van der Waals surface area contributed by atoms with Crippen molar-refractivity contribution in [2.24, 2.45) is 5.92 Å². The zero-order chi connectivity index (χ0) is 27.1. The summed E-state index contributed by atoms with van der Waals surface area (Å²) in [6.45, 7) is 10.6. The first kappa shape index (κ1) is 25.1. The van der Waals surface area contributed by atoms with Crippen LogP contribution in [0.3, 0.4) is 0 Å². The Bertz CT molecular complexity index is 1580. The maximum Gasteiger partial charge on any atom is 0.494 e. The minimum atomic E-state index is -0.385. The van der Waals surface area contributed by atoms with Crippen LogP contribution in [-0.2, 0) is 20.7 Å². The molecule has 7 nitrogen and oxygen atoms in total. The molecular formula is C31H36BN3O4. The number of aromatic amines is 1. The van der Waals surface area contributed by atoms with E-state index in [0.717, 1.165) is 69.5 Å². The van der Waals surface area contributed by atoms with Crippen LogP contribution in [0.25, 0.3) is 32.9 Å². The van der Waals surface area contributed by atoms with Crippen LogP contribution in [0, 0.1) is 5.92 Å². The summed E-state index contributed by atoms with van der Waals surface area (Å²) in [7, 11) is 3.57. The molecule has 3 aliphatic heterocycles. The van der Waals surface area contributed by atoms with Gasteiger partial charge in [0.1, 0.15) is 18.2 Å². The number of aromatic nitrogens is 2. The van der Waals surface area contributed by atoms with Gasteiger partial charge in [0.05, 0.1) is 34.9 Å². The van der Waals surface area contributed by atoms with Crippen LogP contribution >= 0.6 is 0 Å². The topological polar surface area (TPSA) is 68.8 Å². The number of imidazole rings is 1. The highest BCUT2D eigenvalue weighted by Gasteiger charge is 2.51. The smallest absolute Gasteiger partial charge is 0.488 e. The van der Waals surface area contributed by atoms with Crippen molar-refractivity contribution in [3.05, 3.63) is 53.9 Å². The van der Waals surface area contributed by atoms with Gasteiger partial charge in [-0.2, -0.15) is 0 Å². The fourth-order valence-corrected chi connectivity index (χ4v) is 6.39. The third-order valence-electron chi connectivity index (χ3n) is 9.27. The summed E-state index contributed by atoms with van der Waals surface area (Å²) < 4.78 is 24.3. The SMILES string of the molecule is COC[C@H]1C[C@@H](c2nc3c(ccc4cc5c(cc43)OCc3cc(B4OC(C)(C)C(C)(C)O4)ccc3-5)[nH]2)N(C)C1. The quantitative estimate of drug-likeness (QED) is 0.369. The van der Waals surface area contributed by atoms with E-state index < -0.39 is 0 Å². The highest BCUT2D eigenvalue weighted by atomic mass is 16.7. The summed E-state index contributed by atoms with van der Waals surface area (Å²) in [5, 5.41) is 2.27. The van der Waals surface area contributed by atoms with Gasteiger partial charge in [-0.05, 0) is 87.3 Å². The molecule has 1 N–H and O–H groups in total. The van der Waals surface area contributed by atoms with Crippen LogP contribution in [0.1, 0.15) is 51.5 Å². The summed E-state index contributed by atoms with van der Waals surface area (Å²) in [6, 6.07) is 15.5. The van der Waals surface area contributed by atoms with E-state index in [0.29, 0.717) is 12.5 Å². The first-order valence-corrected chi connectivity index (χ1v) is 13.9. The van der Waals surface area contributed by atoms with Crippen molar-refractivity contribution in [3.8, 4) is 16.9 Å². The van der Waals surface area contributed by atoms with Gasteiger partial charge in [-0.1, -0.05) is 24.3 Å². The second kappa shape index (κ2) is 8.80. The molecule has 0 aliphatic carbocycles. The molecule has 0 radical (unpaired) electrons. The van der Waals surface area contributed by atoms with Gasteiger partial charge in [0.2, 0.25) is 0 Å². The van der Waals surface area contributed by atoms with Crippen molar-refractivity contribution < 1.29 is 18.8 Å². The lowest BCUT2D eigenvalue weighted by atomic mass is 9.77. The predicted octanol–water partition coefficient (Wildman–Crippen LogP) is 5.21. The van der Waals surface area contributed by atoms with Gasteiger partial charge in [0, 0.05) is 24.6 Å². The van der Waals surface area contributed by atoms with Crippen molar-refractivity contribution in [2.45, 2.75) is 58.0 Å². The molecule has 0 unspecified atom stereocenters. The summed E-state index contributed by atoms with van der Waals surface area (Å²) in [4.78, 5) is 11.1. The zero-order valence-corrected chi connectivity index (χ0v) is 23.6. The molecule has 3 aromatic carbocycles. The van der Waals surface area contributed by atoms with E-state index in [1.54, 1.807) is 7.11 Å². The molecule has 8 heteroatoms. The molecule has 2 saturated heterocycles. The van der Waals surface area contributed by atoms with Gasteiger partial charge in [-0.15, -0.1) is 0 Å². The molecule has 4 heterocycles. The van der Waals surface area contributed by atoms with Crippen LogP contribution in [0.2, 0.25) is 0 Å². The Balaban J connectivity index is 1.23. The van der Waals surface area contributed by atoms with Crippen LogP contribution < -0.4 is 10.2 Å². The maximum absolute atomic E-state index is 6.33. The molecule has 0 saturated carbocycles. The fraction of sp³-hybridized carbons (Fsp3) is 0.452. The van der Waals surface area contributed by atoms with Gasteiger partial charge in [-0.3, -0.25) is 4.90 Å². The molecule has 0 bridgehead atoms. The molecule has 4 aromatic rings. The molecule has 0 spiro atoms. The molecular weight excluding hydrogens is 489 g/mol. The Hall–Kier alpha value is -2.91. The number of benzene rings is 3. The summed E-state index contributed by atoms with van der Waals surface area (Å²) in [5.41, 5.74) is 5.79. The molecule has 2 fully saturated rings. The number of hydrogen-bond acceptors (Lipinski definition) is 6. The molecule has 39 heavy (non-hydrogen) atoms. The molecule has 7 rings (SSSR count). The Morgan fingerprint density at radius 3 is 2.62 bits per heavy atom. The van der Waals surface area contributed by atoms with E-state index in [2.05, 4.69) is 87.1 Å². The number of likely N-dealkylation sites (tertiary alicyclic amines) is 1. The number of nitrogens with zero attached hydrogens (tertiary/aromatic N) is 2. The highest BCUT2D eigenvalue weighted by Crippen LogP contribution is 2.43. The number of methoxy groups -OCH3 is 1. The lowest BCUT2D eigenvalue weighted by molar-refractivity contribution is 0.00578. The third-order valence-corrected chi connectivity index (χ3v) is 9.27. The number of nitrogens with one attached hydrogen (secondary N) is 1. The lowest BCUT2D eigenvalue weighted by Crippen LogP contribution is -2.41. The number of ether oxygens (including phenoxy) is 2. The van der Waals surface area contributed by atoms with E-state index in [9.17, 15) is 0 Å². The number of H-pyrrole nitrogens is 1. The largest absolute Gasteiger partial charge is 0.494 e. The zero-order valence-electron chi connectivity index (χ0n) is 23.6. The minimum Gasteiger partial charge on any atom is -0.488 e. The average Bonchev–Trinajstić information content (AvgIpc) is 3.55. The van der Waals surface area contributed by atoms with Crippen molar-refractivity contribution in [1.29, 1.82) is 0 Å².